The standard InChI is InChI=1S/C17H21N3OS2/c1-10-5-7-14(21-3)13(8-10)18-16(22)20-17-19-12-6-4-11(2)9-15(12)23-17/h5,7-8,11H,4,6,9H2,1-3H3,(H2,18,19,20,22). The minimum Gasteiger partial charge on any atom is -0.495 e. The number of aromatic nitrogens is 1. The molecule has 0 saturated carbocycles. The van der Waals surface area contributed by atoms with Crippen LogP contribution in [0.5, 0.6) is 5.75 Å². The topological polar surface area (TPSA) is 46.2 Å². The molecule has 2 aromatic rings. The number of nitrogens with one attached hydrogen (secondary N) is 2. The predicted octanol–water partition coefficient (Wildman–Crippen LogP) is 4.39. The predicted molar refractivity (Wildman–Crippen MR) is 101 cm³/mol. The molecule has 1 heterocycles. The van der Waals surface area contributed by atoms with Crippen LogP contribution in [0, 0.1) is 12.8 Å². The van der Waals surface area contributed by atoms with Gasteiger partial charge in [-0.2, -0.15) is 0 Å². The third-order valence-electron chi connectivity index (χ3n) is 4.01. The monoisotopic (exact) mass is 347 g/mol. The van der Waals surface area contributed by atoms with E-state index >= 15 is 0 Å². The molecule has 1 aromatic heterocycles. The number of hydrogen-bond acceptors (Lipinski definition) is 4. The lowest BCUT2D eigenvalue weighted by atomic mass is 9.93. The number of anilines is 2. The lowest BCUT2D eigenvalue weighted by Gasteiger charge is -2.15. The fourth-order valence-corrected chi connectivity index (χ4v) is 4.21. The summed E-state index contributed by atoms with van der Waals surface area (Å²) in [7, 11) is 1.66. The Morgan fingerprint density at radius 1 is 1.39 bits per heavy atom. The van der Waals surface area contributed by atoms with Crippen molar-refractivity contribution in [1.82, 2.24) is 4.98 Å². The Labute approximate surface area is 146 Å². The molecule has 0 aliphatic heterocycles. The minimum absolute atomic E-state index is 0.535. The molecule has 1 aliphatic rings. The molecule has 1 unspecified atom stereocenters. The van der Waals surface area contributed by atoms with Crippen LogP contribution in [0.3, 0.4) is 0 Å². The van der Waals surface area contributed by atoms with Crippen molar-refractivity contribution in [3.63, 3.8) is 0 Å². The zero-order valence-corrected chi connectivity index (χ0v) is 15.2. The molecule has 2 N–H and O–H groups in total. The van der Waals surface area contributed by atoms with Gasteiger partial charge in [-0.1, -0.05) is 13.0 Å². The Morgan fingerprint density at radius 2 is 2.22 bits per heavy atom. The Bertz CT molecular complexity index is 727. The van der Waals surface area contributed by atoms with Crippen LogP contribution in [0.15, 0.2) is 18.2 Å². The lowest BCUT2D eigenvalue weighted by Crippen LogP contribution is -2.19. The number of methoxy groups -OCH3 is 1. The van der Waals surface area contributed by atoms with E-state index in [0.717, 1.165) is 40.9 Å². The first-order valence-corrected chi connectivity index (χ1v) is 8.99. The summed E-state index contributed by atoms with van der Waals surface area (Å²) in [5.74, 6) is 1.52. The van der Waals surface area contributed by atoms with Crippen LogP contribution < -0.4 is 15.4 Å². The van der Waals surface area contributed by atoms with E-state index in [0.29, 0.717) is 5.11 Å². The number of aryl methyl sites for hydroxylation is 2. The molecule has 1 atom stereocenters. The third kappa shape index (κ3) is 3.82. The molecule has 0 spiro atoms. The second-order valence-electron chi connectivity index (χ2n) is 6.02. The SMILES string of the molecule is COc1ccc(C)cc1NC(=S)Nc1nc2c(s1)CC(C)CC2. The number of thiocarbonyl (C=S) groups is 1. The van der Waals surface area contributed by atoms with Gasteiger partial charge in [-0.25, -0.2) is 4.98 Å². The second kappa shape index (κ2) is 6.84. The van der Waals surface area contributed by atoms with E-state index in [1.807, 2.05) is 25.1 Å². The highest BCUT2D eigenvalue weighted by Gasteiger charge is 2.20. The molecule has 1 aliphatic carbocycles. The van der Waals surface area contributed by atoms with Crippen molar-refractivity contribution < 1.29 is 4.74 Å². The molecule has 1 aromatic carbocycles. The smallest absolute Gasteiger partial charge is 0.189 e. The van der Waals surface area contributed by atoms with Gasteiger partial charge in [0.05, 0.1) is 18.5 Å². The Morgan fingerprint density at radius 3 is 3.00 bits per heavy atom. The summed E-state index contributed by atoms with van der Waals surface area (Å²) in [6, 6.07) is 5.96. The van der Waals surface area contributed by atoms with Gasteiger partial charge in [0.2, 0.25) is 0 Å². The maximum absolute atomic E-state index is 5.42. The summed E-state index contributed by atoms with van der Waals surface area (Å²) in [5, 5.41) is 7.81. The molecular weight excluding hydrogens is 326 g/mol. The maximum atomic E-state index is 5.42. The molecule has 0 fully saturated rings. The van der Waals surface area contributed by atoms with E-state index in [1.165, 1.54) is 17.0 Å². The summed E-state index contributed by atoms with van der Waals surface area (Å²) in [6.07, 6.45) is 3.42. The van der Waals surface area contributed by atoms with Gasteiger partial charge in [-0.3, -0.25) is 0 Å². The number of benzene rings is 1. The van der Waals surface area contributed by atoms with Gasteiger partial charge in [-0.15, -0.1) is 11.3 Å². The summed E-state index contributed by atoms with van der Waals surface area (Å²) >= 11 is 7.13. The molecule has 23 heavy (non-hydrogen) atoms. The first-order chi connectivity index (χ1) is 11.0. The average molecular weight is 348 g/mol. The van der Waals surface area contributed by atoms with Gasteiger partial charge in [0, 0.05) is 4.88 Å². The second-order valence-corrected chi connectivity index (χ2v) is 7.51. The van der Waals surface area contributed by atoms with Crippen LogP contribution in [0.1, 0.15) is 29.5 Å². The van der Waals surface area contributed by atoms with Gasteiger partial charge in [-0.05, 0) is 62.0 Å². The van der Waals surface area contributed by atoms with Crippen molar-refractivity contribution in [2.45, 2.75) is 33.1 Å². The number of ether oxygens (including phenoxy) is 1. The highest BCUT2D eigenvalue weighted by Crippen LogP contribution is 2.32. The number of thiazole rings is 1. The molecule has 4 nitrogen and oxygen atoms in total. The fourth-order valence-electron chi connectivity index (χ4n) is 2.76. The van der Waals surface area contributed by atoms with Gasteiger partial charge in [0.1, 0.15) is 5.75 Å². The van der Waals surface area contributed by atoms with E-state index < -0.39 is 0 Å². The van der Waals surface area contributed by atoms with Crippen molar-refractivity contribution in [1.29, 1.82) is 0 Å². The van der Waals surface area contributed by atoms with E-state index in [-0.39, 0.29) is 0 Å². The quantitative estimate of drug-likeness (QED) is 0.806. The van der Waals surface area contributed by atoms with Gasteiger partial charge < -0.3 is 15.4 Å². The fraction of sp³-hybridized carbons (Fsp3) is 0.412. The minimum atomic E-state index is 0.535. The van der Waals surface area contributed by atoms with Crippen molar-refractivity contribution in [3.8, 4) is 5.75 Å². The zero-order chi connectivity index (χ0) is 16.4. The van der Waals surface area contributed by atoms with E-state index in [2.05, 4.69) is 22.5 Å². The third-order valence-corrected chi connectivity index (χ3v) is 5.25. The maximum Gasteiger partial charge on any atom is 0.189 e. The summed E-state index contributed by atoms with van der Waals surface area (Å²) in [5.41, 5.74) is 3.24. The molecule has 122 valence electrons. The van der Waals surface area contributed by atoms with Crippen LogP contribution in [0.4, 0.5) is 10.8 Å². The highest BCUT2D eigenvalue weighted by molar-refractivity contribution is 7.80. The summed E-state index contributed by atoms with van der Waals surface area (Å²) in [4.78, 5) is 6.07. The number of rotatable bonds is 3. The summed E-state index contributed by atoms with van der Waals surface area (Å²) in [6.45, 7) is 4.34. The van der Waals surface area contributed by atoms with Crippen molar-refractivity contribution >= 4 is 39.5 Å². The molecule has 0 bridgehead atoms. The van der Waals surface area contributed by atoms with Gasteiger partial charge in [0.15, 0.2) is 10.2 Å². The first kappa shape index (κ1) is 16.2. The van der Waals surface area contributed by atoms with Crippen molar-refractivity contribution in [3.05, 3.63) is 34.3 Å². The van der Waals surface area contributed by atoms with Crippen LogP contribution in [-0.4, -0.2) is 17.2 Å². The largest absolute Gasteiger partial charge is 0.495 e. The number of hydrogen-bond donors (Lipinski definition) is 2. The van der Waals surface area contributed by atoms with Crippen LogP contribution in [0.2, 0.25) is 0 Å². The first-order valence-electron chi connectivity index (χ1n) is 7.76. The normalized spacial score (nSPS) is 16.6. The Balaban J connectivity index is 1.69. The van der Waals surface area contributed by atoms with Crippen LogP contribution in [0.25, 0.3) is 0 Å². The molecular formula is C17H21N3OS2. The zero-order valence-electron chi connectivity index (χ0n) is 13.6. The number of fused-ring (bicyclic) bond motifs is 1. The highest BCUT2D eigenvalue weighted by atomic mass is 32.1. The lowest BCUT2D eigenvalue weighted by molar-refractivity contribution is 0.417. The van der Waals surface area contributed by atoms with Crippen molar-refractivity contribution in [2.24, 2.45) is 5.92 Å². The summed E-state index contributed by atoms with van der Waals surface area (Å²) < 4.78 is 5.37. The van der Waals surface area contributed by atoms with Crippen LogP contribution in [-0.2, 0) is 12.8 Å². The Hall–Kier alpha value is -1.66. The Kier molecular flexibility index (Phi) is 4.82. The van der Waals surface area contributed by atoms with Crippen LogP contribution >= 0.6 is 23.6 Å². The molecule has 0 amide bonds. The van der Waals surface area contributed by atoms with E-state index in [1.54, 1.807) is 18.4 Å². The van der Waals surface area contributed by atoms with Crippen molar-refractivity contribution in [2.75, 3.05) is 17.7 Å². The van der Waals surface area contributed by atoms with E-state index in [9.17, 15) is 0 Å². The van der Waals surface area contributed by atoms with Gasteiger partial charge in [0.25, 0.3) is 0 Å². The molecule has 0 radical (unpaired) electrons. The molecule has 3 rings (SSSR count). The van der Waals surface area contributed by atoms with Gasteiger partial charge >= 0.3 is 0 Å². The average Bonchev–Trinajstić information content (AvgIpc) is 2.88. The van der Waals surface area contributed by atoms with E-state index in [4.69, 9.17) is 17.0 Å². The molecule has 6 heteroatoms. The molecule has 0 saturated heterocycles. The number of nitrogens with zero attached hydrogens (tertiary/aromatic N) is 1.